The highest BCUT2D eigenvalue weighted by molar-refractivity contribution is 5.73. The lowest BCUT2D eigenvalue weighted by molar-refractivity contribution is 0.341. The molecule has 0 fully saturated rings. The summed E-state index contributed by atoms with van der Waals surface area (Å²) in [5.74, 6) is 6.15. The molecule has 0 amide bonds. The minimum atomic E-state index is -0.458. The Morgan fingerprint density at radius 3 is 2.79 bits per heavy atom. The van der Waals surface area contributed by atoms with Crippen LogP contribution >= 0.6 is 0 Å². The fourth-order valence-electron chi connectivity index (χ4n) is 2.33. The van der Waals surface area contributed by atoms with Gasteiger partial charge in [0.1, 0.15) is 11.6 Å². The first-order valence-corrected chi connectivity index (χ1v) is 7.27. The molecule has 0 bridgehead atoms. The van der Waals surface area contributed by atoms with Crippen molar-refractivity contribution in [1.82, 2.24) is 20.2 Å². The zero-order valence-electron chi connectivity index (χ0n) is 13.0. The van der Waals surface area contributed by atoms with Gasteiger partial charge in [0.2, 0.25) is 0 Å². The molecule has 0 unspecified atom stereocenters. The molecule has 3 aromatic rings. The summed E-state index contributed by atoms with van der Waals surface area (Å²) in [6.45, 7) is 2.33. The van der Waals surface area contributed by atoms with Crippen LogP contribution in [0.4, 0.5) is 11.5 Å². The van der Waals surface area contributed by atoms with Gasteiger partial charge in [-0.3, -0.25) is 15.7 Å². The molecule has 0 saturated carbocycles. The Labute approximate surface area is 137 Å². The Bertz CT molecular complexity index is 903. The van der Waals surface area contributed by atoms with Gasteiger partial charge in [-0.15, -0.1) is 0 Å². The maximum Gasteiger partial charge on any atom is 0.278 e. The number of ether oxygens (including phenoxy) is 1. The number of hydrazine groups is 1. The van der Waals surface area contributed by atoms with E-state index >= 15 is 0 Å². The summed E-state index contributed by atoms with van der Waals surface area (Å²) >= 11 is 0. The second kappa shape index (κ2) is 6.42. The second-order valence-corrected chi connectivity index (χ2v) is 4.93. The molecular formula is C15H17N7O2. The number of aromatic nitrogens is 4. The van der Waals surface area contributed by atoms with Gasteiger partial charge in [0.15, 0.2) is 11.5 Å². The number of hydrogen-bond donors (Lipinski definition) is 5. The van der Waals surface area contributed by atoms with Gasteiger partial charge in [0, 0.05) is 11.8 Å². The first-order valence-electron chi connectivity index (χ1n) is 7.27. The fourth-order valence-corrected chi connectivity index (χ4v) is 2.33. The zero-order chi connectivity index (χ0) is 17.1. The average Bonchev–Trinajstić information content (AvgIpc) is 3.09. The normalized spacial score (nSPS) is 10.6. The van der Waals surface area contributed by atoms with Crippen molar-refractivity contribution in [1.29, 1.82) is 0 Å². The van der Waals surface area contributed by atoms with Crippen LogP contribution in [-0.4, -0.2) is 26.8 Å². The van der Waals surface area contributed by atoms with E-state index in [1.807, 2.05) is 25.1 Å². The van der Waals surface area contributed by atoms with Gasteiger partial charge in [-0.2, -0.15) is 5.10 Å². The topological polar surface area (TPSA) is 148 Å². The summed E-state index contributed by atoms with van der Waals surface area (Å²) in [4.78, 5) is 18.9. The van der Waals surface area contributed by atoms with E-state index in [1.165, 1.54) is 0 Å². The summed E-state index contributed by atoms with van der Waals surface area (Å²) in [6, 6.07) is 7.37. The molecule has 0 atom stereocenters. The highest BCUT2D eigenvalue weighted by atomic mass is 16.5. The number of nitrogen functional groups attached to an aromatic ring is 2. The molecular weight excluding hydrogens is 310 g/mol. The van der Waals surface area contributed by atoms with Crippen LogP contribution in [0.25, 0.3) is 22.6 Å². The van der Waals surface area contributed by atoms with Gasteiger partial charge in [-0.05, 0) is 25.1 Å². The number of nitrogens with one attached hydrogen (secondary N) is 3. The van der Waals surface area contributed by atoms with Crippen LogP contribution in [0.5, 0.6) is 5.75 Å². The number of benzene rings is 1. The van der Waals surface area contributed by atoms with Crippen LogP contribution in [0.3, 0.4) is 0 Å². The summed E-state index contributed by atoms with van der Waals surface area (Å²) in [6.07, 6.45) is 1.67. The second-order valence-electron chi connectivity index (χ2n) is 4.93. The average molecular weight is 327 g/mol. The number of nitrogens with two attached hydrogens (primary N) is 2. The third-order valence-electron chi connectivity index (χ3n) is 3.44. The standard InChI is InChI=1S/C15H17N7O2/c1-2-24-11-7-8(10-5-6-18-22-10)3-4-9(11)14-19-13(16)12(21-17)15(23)20-14/h3-7,21H,2,17H2,1H3,(H,18,22)(H3,16,19,20,23). The molecule has 0 aliphatic carbocycles. The van der Waals surface area contributed by atoms with Crippen molar-refractivity contribution in [3.8, 4) is 28.4 Å². The van der Waals surface area contributed by atoms with Crippen molar-refractivity contribution in [3.63, 3.8) is 0 Å². The molecule has 0 aliphatic heterocycles. The lowest BCUT2D eigenvalue weighted by atomic mass is 10.1. The first-order chi connectivity index (χ1) is 11.6. The quantitative estimate of drug-likeness (QED) is 0.348. The number of rotatable bonds is 5. The van der Waals surface area contributed by atoms with E-state index in [9.17, 15) is 4.79 Å². The molecule has 0 radical (unpaired) electrons. The van der Waals surface area contributed by atoms with E-state index in [1.54, 1.807) is 12.3 Å². The number of anilines is 2. The molecule has 24 heavy (non-hydrogen) atoms. The van der Waals surface area contributed by atoms with Crippen molar-refractivity contribution in [2.24, 2.45) is 5.84 Å². The molecule has 2 heterocycles. The molecule has 0 spiro atoms. The minimum Gasteiger partial charge on any atom is -0.493 e. The SMILES string of the molecule is CCOc1cc(-c2ccn[nH]2)ccc1-c1nc(N)c(NN)c(=O)[nH]1. The predicted octanol–water partition coefficient (Wildman–Crippen LogP) is 1.09. The van der Waals surface area contributed by atoms with Gasteiger partial charge in [0.25, 0.3) is 5.56 Å². The maximum atomic E-state index is 12.0. The van der Waals surface area contributed by atoms with Crippen molar-refractivity contribution < 1.29 is 4.74 Å². The third-order valence-corrected chi connectivity index (χ3v) is 3.44. The van der Waals surface area contributed by atoms with Crippen LogP contribution in [0.1, 0.15) is 6.92 Å². The lowest BCUT2D eigenvalue weighted by Gasteiger charge is -2.12. The van der Waals surface area contributed by atoms with E-state index in [4.69, 9.17) is 16.3 Å². The zero-order valence-corrected chi connectivity index (χ0v) is 13.0. The smallest absolute Gasteiger partial charge is 0.278 e. The van der Waals surface area contributed by atoms with Crippen LogP contribution < -0.4 is 27.3 Å². The van der Waals surface area contributed by atoms with E-state index in [0.29, 0.717) is 23.7 Å². The van der Waals surface area contributed by atoms with E-state index in [-0.39, 0.29) is 11.5 Å². The van der Waals surface area contributed by atoms with Crippen molar-refractivity contribution in [2.45, 2.75) is 6.92 Å². The van der Waals surface area contributed by atoms with E-state index in [2.05, 4.69) is 25.6 Å². The molecule has 1 aromatic carbocycles. The molecule has 2 aromatic heterocycles. The fraction of sp³-hybridized carbons (Fsp3) is 0.133. The first kappa shape index (κ1) is 15.6. The summed E-state index contributed by atoms with van der Waals surface area (Å²) in [7, 11) is 0. The summed E-state index contributed by atoms with van der Waals surface area (Å²) in [5.41, 5.74) is 9.94. The highest BCUT2D eigenvalue weighted by Gasteiger charge is 2.14. The summed E-state index contributed by atoms with van der Waals surface area (Å²) < 4.78 is 5.69. The maximum absolute atomic E-state index is 12.0. The molecule has 9 nitrogen and oxygen atoms in total. The van der Waals surface area contributed by atoms with Crippen LogP contribution in [0.15, 0.2) is 35.3 Å². The lowest BCUT2D eigenvalue weighted by Crippen LogP contribution is -2.22. The number of aromatic amines is 2. The van der Waals surface area contributed by atoms with Crippen LogP contribution in [-0.2, 0) is 0 Å². The van der Waals surface area contributed by atoms with Crippen LogP contribution in [0, 0.1) is 0 Å². The minimum absolute atomic E-state index is 0.0105. The monoisotopic (exact) mass is 327 g/mol. The van der Waals surface area contributed by atoms with Crippen molar-refractivity contribution in [3.05, 3.63) is 40.8 Å². The van der Waals surface area contributed by atoms with E-state index < -0.39 is 5.56 Å². The Kier molecular flexibility index (Phi) is 4.17. The number of H-pyrrole nitrogens is 2. The molecule has 0 aliphatic rings. The third kappa shape index (κ3) is 2.79. The van der Waals surface area contributed by atoms with Gasteiger partial charge in [-0.25, -0.2) is 4.98 Å². The summed E-state index contributed by atoms with van der Waals surface area (Å²) in [5, 5.41) is 6.83. The predicted molar refractivity (Wildman–Crippen MR) is 91.3 cm³/mol. The largest absolute Gasteiger partial charge is 0.493 e. The molecule has 3 rings (SSSR count). The molecule has 124 valence electrons. The van der Waals surface area contributed by atoms with E-state index in [0.717, 1.165) is 11.3 Å². The Balaban J connectivity index is 2.12. The Morgan fingerprint density at radius 1 is 1.33 bits per heavy atom. The van der Waals surface area contributed by atoms with Gasteiger partial charge >= 0.3 is 0 Å². The molecule has 9 heteroatoms. The highest BCUT2D eigenvalue weighted by Crippen LogP contribution is 2.32. The van der Waals surface area contributed by atoms with Crippen LogP contribution in [0.2, 0.25) is 0 Å². The van der Waals surface area contributed by atoms with Gasteiger partial charge in [0.05, 0.1) is 17.9 Å². The molecule has 7 N–H and O–H groups in total. The molecule has 0 saturated heterocycles. The number of nitrogens with zero attached hydrogens (tertiary/aromatic N) is 2. The number of hydrogen-bond acceptors (Lipinski definition) is 7. The van der Waals surface area contributed by atoms with Gasteiger partial charge < -0.3 is 20.9 Å². The van der Waals surface area contributed by atoms with Gasteiger partial charge in [-0.1, -0.05) is 6.07 Å². The Morgan fingerprint density at radius 2 is 2.17 bits per heavy atom. The van der Waals surface area contributed by atoms with Crippen molar-refractivity contribution >= 4 is 11.5 Å². The Hall–Kier alpha value is -3.33. The van der Waals surface area contributed by atoms with Crippen molar-refractivity contribution in [2.75, 3.05) is 17.8 Å².